The molecule has 0 N–H and O–H groups in total. The van der Waals surface area contributed by atoms with Crippen LogP contribution >= 0.6 is 0 Å². The Morgan fingerprint density at radius 1 is 1.24 bits per heavy atom. The van der Waals surface area contributed by atoms with Gasteiger partial charge in [-0.2, -0.15) is 0 Å². The third-order valence-corrected chi connectivity index (χ3v) is 8.28. The smallest absolute Gasteiger partial charge is 0.219 e. The summed E-state index contributed by atoms with van der Waals surface area (Å²) in [5, 5.41) is 0. The Labute approximate surface area is 172 Å². The number of fused-ring (bicyclic) bond motifs is 1. The first-order valence-corrected chi connectivity index (χ1v) is 11.2. The van der Waals surface area contributed by atoms with Gasteiger partial charge in [-0.25, -0.2) is 4.98 Å². The van der Waals surface area contributed by atoms with Crippen molar-refractivity contribution in [3.8, 4) is 0 Å². The molecule has 4 aliphatic rings. The zero-order chi connectivity index (χ0) is 19.8. The Hall–Kier alpha value is -2.14. The molecule has 1 amide bonds. The SMILES string of the molecule is CC(=O)N1C2CCC23CC(n2c(C)nc4c2CN(Cc2ccccc2)CC4)CC13. The van der Waals surface area contributed by atoms with Gasteiger partial charge >= 0.3 is 0 Å². The zero-order valence-electron chi connectivity index (χ0n) is 17.5. The summed E-state index contributed by atoms with van der Waals surface area (Å²) in [6.45, 7) is 7.00. The normalized spacial score (nSPS) is 32.8. The Morgan fingerprint density at radius 3 is 2.79 bits per heavy atom. The number of rotatable bonds is 3. The molecule has 3 heterocycles. The van der Waals surface area contributed by atoms with E-state index in [1.807, 2.05) is 0 Å². The van der Waals surface area contributed by atoms with Crippen LogP contribution in [-0.4, -0.2) is 43.9 Å². The largest absolute Gasteiger partial charge is 0.336 e. The van der Waals surface area contributed by atoms with Gasteiger partial charge in [-0.3, -0.25) is 9.69 Å². The van der Waals surface area contributed by atoms with Crippen LogP contribution in [0.1, 0.15) is 61.4 Å². The topological polar surface area (TPSA) is 41.4 Å². The van der Waals surface area contributed by atoms with Crippen LogP contribution < -0.4 is 0 Å². The predicted molar refractivity (Wildman–Crippen MR) is 111 cm³/mol. The number of carbonyl (C=O) groups is 1. The average Bonchev–Trinajstić information content (AvgIpc) is 3.22. The van der Waals surface area contributed by atoms with E-state index in [9.17, 15) is 4.79 Å². The fourth-order valence-electron chi connectivity index (χ4n) is 7.03. The first-order valence-electron chi connectivity index (χ1n) is 11.2. The summed E-state index contributed by atoms with van der Waals surface area (Å²) in [7, 11) is 0. The molecule has 5 heteroatoms. The number of aromatic nitrogens is 2. The molecule has 3 fully saturated rings. The minimum absolute atomic E-state index is 0.273. The number of amides is 1. The van der Waals surface area contributed by atoms with Crippen LogP contribution in [0.2, 0.25) is 0 Å². The molecule has 2 saturated carbocycles. The van der Waals surface area contributed by atoms with Crippen molar-refractivity contribution in [1.29, 1.82) is 0 Å². The van der Waals surface area contributed by atoms with Crippen LogP contribution in [0.25, 0.3) is 0 Å². The zero-order valence-corrected chi connectivity index (χ0v) is 17.5. The number of aryl methyl sites for hydroxylation is 1. The molecule has 2 aliphatic carbocycles. The Bertz CT molecular complexity index is 967. The highest BCUT2D eigenvalue weighted by atomic mass is 16.2. The van der Waals surface area contributed by atoms with Crippen LogP contribution in [0, 0.1) is 12.3 Å². The molecule has 1 aromatic carbocycles. The monoisotopic (exact) mass is 390 g/mol. The van der Waals surface area contributed by atoms with Gasteiger partial charge in [-0.05, 0) is 38.2 Å². The molecular weight excluding hydrogens is 360 g/mol. The Kier molecular flexibility index (Phi) is 3.77. The van der Waals surface area contributed by atoms with Crippen LogP contribution in [0.5, 0.6) is 0 Å². The third kappa shape index (κ3) is 2.43. The quantitative estimate of drug-likeness (QED) is 0.806. The number of nitrogens with zero attached hydrogens (tertiary/aromatic N) is 4. The maximum Gasteiger partial charge on any atom is 0.219 e. The maximum absolute atomic E-state index is 12.2. The lowest BCUT2D eigenvalue weighted by Crippen LogP contribution is -2.75. The highest BCUT2D eigenvalue weighted by molar-refractivity contribution is 5.76. The van der Waals surface area contributed by atoms with Gasteiger partial charge < -0.3 is 9.47 Å². The second-order valence-corrected chi connectivity index (χ2v) is 9.69. The highest BCUT2D eigenvalue weighted by Crippen LogP contribution is 2.67. The lowest BCUT2D eigenvalue weighted by Gasteiger charge is -2.68. The van der Waals surface area contributed by atoms with Crippen molar-refractivity contribution in [3.63, 3.8) is 0 Å². The third-order valence-electron chi connectivity index (χ3n) is 8.28. The maximum atomic E-state index is 12.2. The van der Waals surface area contributed by atoms with Gasteiger partial charge in [-0.15, -0.1) is 0 Å². The van der Waals surface area contributed by atoms with Crippen LogP contribution in [0.4, 0.5) is 0 Å². The minimum atomic E-state index is 0.273. The van der Waals surface area contributed by atoms with Crippen molar-refractivity contribution in [2.24, 2.45) is 5.41 Å². The average molecular weight is 391 g/mol. The molecule has 1 saturated heterocycles. The predicted octanol–water partition coefficient (Wildman–Crippen LogP) is 3.46. The lowest BCUT2D eigenvalue weighted by molar-refractivity contribution is -0.196. The number of benzene rings is 1. The van der Waals surface area contributed by atoms with Crippen molar-refractivity contribution in [2.45, 2.75) is 77.2 Å². The standard InChI is InChI=1S/C24H30N4O/c1-16-25-20-9-11-26(14-18-6-4-3-5-7-18)15-21(20)27(16)19-12-23-24(13-19)10-8-22(24)28(23)17(2)29/h3-7,19,22-23H,8-15H2,1-2H3. The molecule has 5 nitrogen and oxygen atoms in total. The first-order chi connectivity index (χ1) is 14.1. The number of likely N-dealkylation sites (tertiary alicyclic amines) is 1. The van der Waals surface area contributed by atoms with Gasteiger partial charge in [0.1, 0.15) is 5.82 Å². The summed E-state index contributed by atoms with van der Waals surface area (Å²) in [5.41, 5.74) is 4.53. The Morgan fingerprint density at radius 2 is 2.07 bits per heavy atom. The number of piperidine rings is 1. The van der Waals surface area contributed by atoms with E-state index in [0.717, 1.165) is 32.5 Å². The van der Waals surface area contributed by atoms with Gasteiger partial charge in [0.25, 0.3) is 0 Å². The molecule has 2 aliphatic heterocycles. The number of hydrogen-bond acceptors (Lipinski definition) is 3. The van der Waals surface area contributed by atoms with Crippen LogP contribution in [0.15, 0.2) is 30.3 Å². The van der Waals surface area contributed by atoms with E-state index in [4.69, 9.17) is 4.98 Å². The summed E-state index contributed by atoms with van der Waals surface area (Å²) in [6, 6.07) is 12.3. The molecule has 4 unspecified atom stereocenters. The van der Waals surface area contributed by atoms with Crippen molar-refractivity contribution in [2.75, 3.05) is 6.54 Å². The molecule has 0 bridgehead atoms. The van der Waals surface area contributed by atoms with Gasteiger partial charge in [0.05, 0.1) is 11.4 Å². The van der Waals surface area contributed by atoms with Crippen molar-refractivity contribution < 1.29 is 4.79 Å². The van der Waals surface area contributed by atoms with E-state index in [2.05, 4.69) is 51.6 Å². The summed E-state index contributed by atoms with van der Waals surface area (Å²) in [5.74, 6) is 1.44. The minimum Gasteiger partial charge on any atom is -0.336 e. The highest BCUT2D eigenvalue weighted by Gasteiger charge is 2.70. The fourth-order valence-corrected chi connectivity index (χ4v) is 7.03. The molecule has 4 atom stereocenters. The van der Waals surface area contributed by atoms with E-state index < -0.39 is 0 Å². The molecule has 6 rings (SSSR count). The summed E-state index contributed by atoms with van der Waals surface area (Å²) in [4.78, 5) is 21.9. The molecule has 2 aromatic rings. The molecule has 0 radical (unpaired) electrons. The van der Waals surface area contributed by atoms with Gasteiger partial charge in [0, 0.05) is 56.5 Å². The molecule has 1 aromatic heterocycles. The molecular formula is C24H30N4O. The van der Waals surface area contributed by atoms with Crippen molar-refractivity contribution >= 4 is 5.91 Å². The lowest BCUT2D eigenvalue weighted by atomic mass is 9.53. The first kappa shape index (κ1) is 17.7. The molecule has 152 valence electrons. The number of hydrogen-bond donors (Lipinski definition) is 0. The van der Waals surface area contributed by atoms with E-state index in [1.165, 1.54) is 42.0 Å². The summed E-state index contributed by atoms with van der Waals surface area (Å²) < 4.78 is 2.56. The second-order valence-electron chi connectivity index (χ2n) is 9.69. The van der Waals surface area contributed by atoms with Crippen molar-refractivity contribution in [3.05, 3.63) is 53.1 Å². The van der Waals surface area contributed by atoms with E-state index in [1.54, 1.807) is 6.92 Å². The summed E-state index contributed by atoms with van der Waals surface area (Å²) in [6.07, 6.45) is 5.89. The van der Waals surface area contributed by atoms with Gasteiger partial charge in [0.15, 0.2) is 0 Å². The number of imidazole rings is 1. The van der Waals surface area contributed by atoms with Gasteiger partial charge in [-0.1, -0.05) is 30.3 Å². The Balaban J connectivity index is 1.26. The number of carbonyl (C=O) groups excluding carboxylic acids is 1. The van der Waals surface area contributed by atoms with Crippen molar-refractivity contribution in [1.82, 2.24) is 19.4 Å². The molecule has 1 spiro atoms. The molecule has 29 heavy (non-hydrogen) atoms. The second kappa shape index (κ2) is 6.18. The van der Waals surface area contributed by atoms with E-state index in [-0.39, 0.29) is 5.91 Å². The van der Waals surface area contributed by atoms with E-state index in [0.29, 0.717) is 23.5 Å². The summed E-state index contributed by atoms with van der Waals surface area (Å²) >= 11 is 0. The van der Waals surface area contributed by atoms with Crippen LogP contribution in [-0.2, 0) is 24.3 Å². The van der Waals surface area contributed by atoms with Gasteiger partial charge in [0.2, 0.25) is 5.91 Å². The van der Waals surface area contributed by atoms with E-state index >= 15 is 0 Å². The fraction of sp³-hybridized carbons (Fsp3) is 0.583. The van der Waals surface area contributed by atoms with Crippen LogP contribution in [0.3, 0.4) is 0 Å².